The third kappa shape index (κ3) is 4.14. The first kappa shape index (κ1) is 16.2. The van der Waals surface area contributed by atoms with Gasteiger partial charge in [0.25, 0.3) is 5.91 Å². The second kappa shape index (κ2) is 7.17. The Balaban J connectivity index is 1.99. The molecule has 0 saturated carbocycles. The van der Waals surface area contributed by atoms with Gasteiger partial charge in [0.15, 0.2) is 0 Å². The molecule has 0 spiro atoms. The molecule has 0 saturated heterocycles. The van der Waals surface area contributed by atoms with Crippen LogP contribution in [0.1, 0.15) is 27.2 Å². The van der Waals surface area contributed by atoms with Crippen LogP contribution >= 0.6 is 11.5 Å². The van der Waals surface area contributed by atoms with Gasteiger partial charge in [-0.25, -0.2) is 0 Å². The summed E-state index contributed by atoms with van der Waals surface area (Å²) in [6.45, 7) is 3.82. The highest BCUT2D eigenvalue weighted by atomic mass is 32.1. The van der Waals surface area contributed by atoms with Gasteiger partial charge in [-0.3, -0.25) is 9.59 Å². The van der Waals surface area contributed by atoms with Crippen molar-refractivity contribution in [2.24, 2.45) is 5.92 Å². The third-order valence-corrected chi connectivity index (χ3v) is 4.14. The Hall–Kier alpha value is -2.21. The van der Waals surface area contributed by atoms with E-state index in [1.807, 2.05) is 31.2 Å². The minimum absolute atomic E-state index is 0.0946. The number of carboxylic acids is 1. The van der Waals surface area contributed by atoms with Crippen molar-refractivity contribution in [3.05, 3.63) is 52.0 Å². The fraction of sp³-hybridized carbons (Fsp3) is 0.312. The van der Waals surface area contributed by atoms with Crippen LogP contribution in [-0.2, 0) is 11.2 Å². The smallest absolute Gasteiger partial charge is 0.308 e. The van der Waals surface area contributed by atoms with E-state index >= 15 is 0 Å². The van der Waals surface area contributed by atoms with Crippen molar-refractivity contribution in [1.29, 1.82) is 0 Å². The van der Waals surface area contributed by atoms with E-state index in [4.69, 9.17) is 0 Å². The summed E-state index contributed by atoms with van der Waals surface area (Å²) in [4.78, 5) is 23.4. The number of carboxylic acid groups (broad SMARTS) is 1. The molecular weight excluding hydrogens is 300 g/mol. The van der Waals surface area contributed by atoms with E-state index in [1.54, 1.807) is 12.3 Å². The van der Waals surface area contributed by atoms with Crippen molar-refractivity contribution in [3.63, 3.8) is 0 Å². The second-order valence-corrected chi connectivity index (χ2v) is 5.88. The second-order valence-electron chi connectivity index (χ2n) is 5.25. The summed E-state index contributed by atoms with van der Waals surface area (Å²) in [6.07, 6.45) is 0.387. The van der Waals surface area contributed by atoms with Crippen LogP contribution in [0.25, 0.3) is 0 Å². The number of rotatable bonds is 6. The number of hydrogen-bond acceptors (Lipinski definition) is 4. The predicted molar refractivity (Wildman–Crippen MR) is 85.2 cm³/mol. The molecule has 1 aromatic heterocycles. The molecule has 0 aliphatic rings. The molecule has 6 heteroatoms. The van der Waals surface area contributed by atoms with Crippen LogP contribution in [0.5, 0.6) is 0 Å². The standard InChI is InChI=1S/C16H18N2O3S/c1-10-4-3-5-12(6-10)7-13(16(20)21)8-17-15(19)14-9-22-18-11(14)2/h3-6,9,13H,7-8H2,1-2H3,(H,17,19)(H,20,21). The number of hydrogen-bond donors (Lipinski definition) is 2. The number of aliphatic carboxylic acids is 1. The molecule has 116 valence electrons. The number of benzene rings is 1. The van der Waals surface area contributed by atoms with Crippen LogP contribution in [0.15, 0.2) is 29.6 Å². The lowest BCUT2D eigenvalue weighted by Crippen LogP contribution is -2.34. The summed E-state index contributed by atoms with van der Waals surface area (Å²) in [5.74, 6) is -1.85. The monoisotopic (exact) mass is 318 g/mol. The fourth-order valence-electron chi connectivity index (χ4n) is 2.19. The van der Waals surface area contributed by atoms with Crippen molar-refractivity contribution in [2.45, 2.75) is 20.3 Å². The van der Waals surface area contributed by atoms with Gasteiger partial charge in [-0.15, -0.1) is 0 Å². The van der Waals surface area contributed by atoms with Gasteiger partial charge in [0, 0.05) is 11.9 Å². The van der Waals surface area contributed by atoms with E-state index in [2.05, 4.69) is 9.69 Å². The van der Waals surface area contributed by atoms with Crippen molar-refractivity contribution >= 4 is 23.4 Å². The van der Waals surface area contributed by atoms with Gasteiger partial charge in [0.05, 0.1) is 17.2 Å². The molecule has 1 aromatic carbocycles. The molecule has 0 radical (unpaired) electrons. The topological polar surface area (TPSA) is 79.3 Å². The number of aromatic nitrogens is 1. The van der Waals surface area contributed by atoms with E-state index in [0.29, 0.717) is 17.7 Å². The quantitative estimate of drug-likeness (QED) is 0.857. The molecule has 1 unspecified atom stereocenters. The fourth-order valence-corrected chi connectivity index (χ4v) is 2.88. The first-order valence-electron chi connectivity index (χ1n) is 6.95. The molecule has 0 aliphatic heterocycles. The lowest BCUT2D eigenvalue weighted by atomic mass is 9.98. The molecule has 1 amide bonds. The number of nitrogens with zero attached hydrogens (tertiary/aromatic N) is 1. The zero-order chi connectivity index (χ0) is 16.1. The number of nitrogens with one attached hydrogen (secondary N) is 1. The third-order valence-electron chi connectivity index (χ3n) is 3.42. The van der Waals surface area contributed by atoms with E-state index in [-0.39, 0.29) is 12.5 Å². The van der Waals surface area contributed by atoms with Gasteiger partial charge in [-0.05, 0) is 37.4 Å². The van der Waals surface area contributed by atoms with Gasteiger partial charge in [0.1, 0.15) is 0 Å². The Kier molecular flexibility index (Phi) is 5.27. The zero-order valence-electron chi connectivity index (χ0n) is 12.5. The normalized spacial score (nSPS) is 11.9. The highest BCUT2D eigenvalue weighted by Crippen LogP contribution is 2.12. The average molecular weight is 318 g/mol. The molecule has 5 nitrogen and oxygen atoms in total. The molecule has 22 heavy (non-hydrogen) atoms. The molecule has 0 fully saturated rings. The Morgan fingerprint density at radius 1 is 1.36 bits per heavy atom. The first-order valence-corrected chi connectivity index (χ1v) is 7.78. The maximum absolute atomic E-state index is 12.0. The highest BCUT2D eigenvalue weighted by molar-refractivity contribution is 7.03. The number of aryl methyl sites for hydroxylation is 2. The summed E-state index contributed by atoms with van der Waals surface area (Å²) in [7, 11) is 0. The summed E-state index contributed by atoms with van der Waals surface area (Å²) in [6, 6.07) is 7.73. The Labute approximate surface area is 133 Å². The van der Waals surface area contributed by atoms with Gasteiger partial charge in [-0.2, -0.15) is 4.37 Å². The summed E-state index contributed by atoms with van der Waals surface area (Å²) in [5, 5.41) is 13.7. The largest absolute Gasteiger partial charge is 0.481 e. The average Bonchev–Trinajstić information content (AvgIpc) is 2.89. The zero-order valence-corrected chi connectivity index (χ0v) is 13.3. The van der Waals surface area contributed by atoms with E-state index in [1.165, 1.54) is 11.5 Å². The highest BCUT2D eigenvalue weighted by Gasteiger charge is 2.20. The van der Waals surface area contributed by atoms with Crippen LogP contribution < -0.4 is 5.32 Å². The van der Waals surface area contributed by atoms with Crippen LogP contribution in [0.3, 0.4) is 0 Å². The molecule has 0 bridgehead atoms. The summed E-state index contributed by atoms with van der Waals surface area (Å²) >= 11 is 1.21. The van der Waals surface area contributed by atoms with Crippen molar-refractivity contribution in [1.82, 2.24) is 9.69 Å². The van der Waals surface area contributed by atoms with Crippen LogP contribution in [0.2, 0.25) is 0 Å². The number of amides is 1. The van der Waals surface area contributed by atoms with Crippen molar-refractivity contribution < 1.29 is 14.7 Å². The molecule has 1 atom stereocenters. The molecule has 2 rings (SSSR count). The Bertz CT molecular complexity index is 682. The minimum atomic E-state index is -0.915. The van der Waals surface area contributed by atoms with Crippen molar-refractivity contribution in [2.75, 3.05) is 6.54 Å². The van der Waals surface area contributed by atoms with Gasteiger partial charge in [0.2, 0.25) is 0 Å². The van der Waals surface area contributed by atoms with Gasteiger partial charge >= 0.3 is 5.97 Å². The molecule has 1 heterocycles. The Morgan fingerprint density at radius 3 is 2.73 bits per heavy atom. The molecule has 2 aromatic rings. The molecule has 0 aliphatic carbocycles. The van der Waals surface area contributed by atoms with Gasteiger partial charge < -0.3 is 10.4 Å². The summed E-state index contributed by atoms with van der Waals surface area (Å²) < 4.78 is 4.04. The lowest BCUT2D eigenvalue weighted by molar-refractivity contribution is -0.141. The maximum Gasteiger partial charge on any atom is 0.308 e. The van der Waals surface area contributed by atoms with Gasteiger partial charge in [-0.1, -0.05) is 29.8 Å². The van der Waals surface area contributed by atoms with Crippen LogP contribution in [0, 0.1) is 19.8 Å². The lowest BCUT2D eigenvalue weighted by Gasteiger charge is -2.14. The minimum Gasteiger partial charge on any atom is -0.481 e. The van der Waals surface area contributed by atoms with E-state index in [9.17, 15) is 14.7 Å². The molecular formula is C16H18N2O3S. The first-order chi connectivity index (χ1) is 10.5. The van der Waals surface area contributed by atoms with Crippen LogP contribution in [0.4, 0.5) is 0 Å². The SMILES string of the molecule is Cc1cccc(CC(CNC(=O)c2csnc2C)C(=O)O)c1. The predicted octanol–water partition coefficient (Wildman–Crippen LogP) is 2.43. The summed E-state index contributed by atoms with van der Waals surface area (Å²) in [5.41, 5.74) is 3.21. The molecule has 2 N–H and O–H groups in total. The van der Waals surface area contributed by atoms with Crippen molar-refractivity contribution in [3.8, 4) is 0 Å². The van der Waals surface area contributed by atoms with E-state index < -0.39 is 11.9 Å². The number of carbonyl (C=O) groups is 2. The maximum atomic E-state index is 12.0. The Morgan fingerprint density at radius 2 is 2.14 bits per heavy atom. The number of carbonyl (C=O) groups excluding carboxylic acids is 1. The van der Waals surface area contributed by atoms with E-state index in [0.717, 1.165) is 11.1 Å². The van der Waals surface area contributed by atoms with Crippen LogP contribution in [-0.4, -0.2) is 27.9 Å².